The van der Waals surface area contributed by atoms with Crippen LogP contribution in [0, 0.1) is 6.92 Å². The number of amides is 1. The quantitative estimate of drug-likeness (QED) is 0.291. The first kappa shape index (κ1) is 24.4. The zero-order valence-electron chi connectivity index (χ0n) is 20.4. The van der Waals surface area contributed by atoms with Crippen LogP contribution in [0.4, 0.5) is 10.9 Å². The maximum absolute atomic E-state index is 13.2. The minimum atomic E-state index is -0.251. The van der Waals surface area contributed by atoms with E-state index in [1.54, 1.807) is 24.2 Å². The van der Waals surface area contributed by atoms with E-state index in [1.807, 2.05) is 18.3 Å². The SMILES string of the molecule is Cc1cccc(-c2nc(N(C)C(=O)c3cnccc3Cl)sc2-c2ccnc(NC3CCCCC3)c2)c1. The molecule has 0 saturated heterocycles. The number of pyridine rings is 2. The largest absolute Gasteiger partial charge is 0.367 e. The van der Waals surface area contributed by atoms with Gasteiger partial charge >= 0.3 is 0 Å². The summed E-state index contributed by atoms with van der Waals surface area (Å²) >= 11 is 7.76. The van der Waals surface area contributed by atoms with Gasteiger partial charge in [-0.3, -0.25) is 14.7 Å². The predicted molar refractivity (Wildman–Crippen MR) is 148 cm³/mol. The number of nitrogens with zero attached hydrogens (tertiary/aromatic N) is 4. The fraction of sp³-hybridized carbons (Fsp3) is 0.286. The van der Waals surface area contributed by atoms with Crippen molar-refractivity contribution in [2.75, 3.05) is 17.3 Å². The third kappa shape index (κ3) is 5.27. The van der Waals surface area contributed by atoms with E-state index in [1.165, 1.54) is 49.6 Å². The van der Waals surface area contributed by atoms with Crippen LogP contribution in [0.3, 0.4) is 0 Å². The number of aryl methyl sites for hydroxylation is 1. The van der Waals surface area contributed by atoms with Crippen LogP contribution < -0.4 is 10.2 Å². The van der Waals surface area contributed by atoms with E-state index in [0.29, 0.717) is 21.8 Å². The summed E-state index contributed by atoms with van der Waals surface area (Å²) < 4.78 is 0. The van der Waals surface area contributed by atoms with Crippen LogP contribution in [-0.2, 0) is 0 Å². The highest BCUT2D eigenvalue weighted by atomic mass is 35.5. The van der Waals surface area contributed by atoms with Gasteiger partial charge in [0.15, 0.2) is 5.13 Å². The predicted octanol–water partition coefficient (Wildman–Crippen LogP) is 7.25. The third-order valence-corrected chi connectivity index (χ3v) is 7.99. The van der Waals surface area contributed by atoms with Gasteiger partial charge in [-0.05, 0) is 49.6 Å². The standard InChI is InChI=1S/C28H28ClN5OS/c1-18-7-6-8-19(15-18)25-26(20-11-14-31-24(16-20)32-21-9-4-3-5-10-21)36-28(33-25)34(2)27(35)22-17-30-13-12-23(22)29/h6-8,11-17,21H,3-5,9-10H2,1-2H3,(H,31,32). The summed E-state index contributed by atoms with van der Waals surface area (Å²) in [7, 11) is 1.72. The Morgan fingerprint density at radius 3 is 2.69 bits per heavy atom. The molecule has 3 heterocycles. The summed E-state index contributed by atoms with van der Waals surface area (Å²) in [6, 6.07) is 14.4. The molecular formula is C28H28ClN5OS. The number of nitrogens with one attached hydrogen (secondary N) is 1. The van der Waals surface area contributed by atoms with Crippen LogP contribution in [0.15, 0.2) is 61.1 Å². The number of thiazole rings is 1. The number of anilines is 2. The van der Waals surface area contributed by atoms with Crippen molar-refractivity contribution in [2.24, 2.45) is 0 Å². The van der Waals surface area contributed by atoms with Gasteiger partial charge in [0.2, 0.25) is 0 Å². The monoisotopic (exact) mass is 517 g/mol. The molecule has 6 nitrogen and oxygen atoms in total. The Bertz CT molecular complexity index is 1380. The van der Waals surface area contributed by atoms with Gasteiger partial charge < -0.3 is 5.32 Å². The van der Waals surface area contributed by atoms with Gasteiger partial charge in [-0.2, -0.15) is 0 Å². The highest BCUT2D eigenvalue weighted by molar-refractivity contribution is 7.19. The minimum Gasteiger partial charge on any atom is -0.367 e. The molecule has 1 aromatic carbocycles. The zero-order valence-corrected chi connectivity index (χ0v) is 21.9. The summed E-state index contributed by atoms with van der Waals surface area (Å²) in [4.78, 5) is 29.4. The van der Waals surface area contributed by atoms with Crippen molar-refractivity contribution in [1.29, 1.82) is 0 Å². The van der Waals surface area contributed by atoms with Crippen LogP contribution in [0.1, 0.15) is 48.0 Å². The number of benzene rings is 1. The van der Waals surface area contributed by atoms with Gasteiger partial charge in [-0.1, -0.05) is 66.0 Å². The van der Waals surface area contributed by atoms with Crippen LogP contribution in [-0.4, -0.2) is 33.9 Å². The first-order chi connectivity index (χ1) is 17.5. The normalized spacial score (nSPS) is 14.0. The topological polar surface area (TPSA) is 71.0 Å². The first-order valence-corrected chi connectivity index (χ1v) is 13.4. The molecule has 0 atom stereocenters. The summed E-state index contributed by atoms with van der Waals surface area (Å²) in [6.07, 6.45) is 11.1. The number of aromatic nitrogens is 3. The van der Waals surface area contributed by atoms with E-state index in [-0.39, 0.29) is 5.91 Å². The molecule has 1 aliphatic carbocycles. The smallest absolute Gasteiger partial charge is 0.262 e. The molecule has 0 radical (unpaired) electrons. The highest BCUT2D eigenvalue weighted by Gasteiger charge is 2.23. The fourth-order valence-corrected chi connectivity index (χ4v) is 5.78. The van der Waals surface area contributed by atoms with E-state index in [0.717, 1.165) is 33.1 Å². The van der Waals surface area contributed by atoms with E-state index in [9.17, 15) is 4.79 Å². The Morgan fingerprint density at radius 1 is 1.08 bits per heavy atom. The average Bonchev–Trinajstić information content (AvgIpc) is 3.35. The van der Waals surface area contributed by atoms with E-state index < -0.39 is 0 Å². The lowest BCUT2D eigenvalue weighted by atomic mass is 9.95. The summed E-state index contributed by atoms with van der Waals surface area (Å²) in [5, 5.41) is 4.58. The van der Waals surface area contributed by atoms with Gasteiger partial charge in [-0.15, -0.1) is 0 Å². The minimum absolute atomic E-state index is 0.251. The summed E-state index contributed by atoms with van der Waals surface area (Å²) in [6.45, 7) is 2.06. The number of hydrogen-bond donors (Lipinski definition) is 1. The second-order valence-electron chi connectivity index (χ2n) is 9.17. The van der Waals surface area contributed by atoms with Crippen molar-refractivity contribution >= 4 is 39.8 Å². The third-order valence-electron chi connectivity index (χ3n) is 6.48. The second kappa shape index (κ2) is 10.8. The van der Waals surface area contributed by atoms with Crippen molar-refractivity contribution in [3.05, 3.63) is 77.2 Å². The van der Waals surface area contributed by atoms with Crippen molar-refractivity contribution in [3.63, 3.8) is 0 Å². The Morgan fingerprint density at radius 2 is 1.92 bits per heavy atom. The molecule has 8 heteroatoms. The number of rotatable bonds is 6. The molecule has 1 saturated carbocycles. The van der Waals surface area contributed by atoms with Crippen LogP contribution >= 0.6 is 22.9 Å². The molecule has 0 bridgehead atoms. The first-order valence-electron chi connectivity index (χ1n) is 12.2. The second-order valence-corrected chi connectivity index (χ2v) is 10.6. The van der Waals surface area contributed by atoms with Gasteiger partial charge in [0.05, 0.1) is 21.2 Å². The van der Waals surface area contributed by atoms with Crippen LogP contribution in [0.2, 0.25) is 5.02 Å². The Labute approximate surface area is 220 Å². The lowest BCUT2D eigenvalue weighted by molar-refractivity contribution is 0.0993. The Balaban J connectivity index is 1.53. The molecule has 1 N–H and O–H groups in total. The number of carbonyl (C=O) groups is 1. The molecule has 0 spiro atoms. The van der Waals surface area contributed by atoms with Gasteiger partial charge in [0.25, 0.3) is 5.91 Å². The fourth-order valence-electron chi connectivity index (χ4n) is 4.55. The molecule has 5 rings (SSSR count). The van der Waals surface area contributed by atoms with Crippen LogP contribution in [0.25, 0.3) is 21.7 Å². The molecule has 0 unspecified atom stereocenters. The number of halogens is 1. The molecule has 1 fully saturated rings. The van der Waals surface area contributed by atoms with E-state index >= 15 is 0 Å². The molecule has 0 aliphatic heterocycles. The van der Waals surface area contributed by atoms with E-state index in [4.69, 9.17) is 16.6 Å². The highest BCUT2D eigenvalue weighted by Crippen LogP contribution is 2.41. The molecule has 184 valence electrons. The van der Waals surface area contributed by atoms with Crippen LogP contribution in [0.5, 0.6) is 0 Å². The van der Waals surface area contributed by atoms with Crippen molar-refractivity contribution in [1.82, 2.24) is 15.0 Å². The van der Waals surface area contributed by atoms with Crippen molar-refractivity contribution in [3.8, 4) is 21.7 Å². The van der Waals surface area contributed by atoms with Crippen molar-refractivity contribution < 1.29 is 4.79 Å². The summed E-state index contributed by atoms with van der Waals surface area (Å²) in [5.74, 6) is 0.620. The number of carbonyl (C=O) groups excluding carboxylic acids is 1. The molecule has 4 aromatic rings. The summed E-state index contributed by atoms with van der Waals surface area (Å²) in [5.41, 5.74) is 4.35. The van der Waals surface area contributed by atoms with Gasteiger partial charge in [0.1, 0.15) is 5.82 Å². The van der Waals surface area contributed by atoms with Gasteiger partial charge in [-0.25, -0.2) is 9.97 Å². The zero-order chi connectivity index (χ0) is 25.1. The average molecular weight is 518 g/mol. The van der Waals surface area contributed by atoms with Gasteiger partial charge in [0, 0.05) is 37.2 Å². The maximum Gasteiger partial charge on any atom is 0.262 e. The molecule has 36 heavy (non-hydrogen) atoms. The Kier molecular flexibility index (Phi) is 7.30. The maximum atomic E-state index is 13.2. The molecule has 1 aliphatic rings. The van der Waals surface area contributed by atoms with E-state index in [2.05, 4.69) is 46.5 Å². The lowest BCUT2D eigenvalue weighted by Gasteiger charge is -2.23. The molecule has 3 aromatic heterocycles. The Hall–Kier alpha value is -3.29. The lowest BCUT2D eigenvalue weighted by Crippen LogP contribution is -2.26. The molecule has 1 amide bonds. The number of hydrogen-bond acceptors (Lipinski definition) is 6. The van der Waals surface area contributed by atoms with Crippen molar-refractivity contribution in [2.45, 2.75) is 45.1 Å². The molecular weight excluding hydrogens is 490 g/mol.